The van der Waals surface area contributed by atoms with Gasteiger partial charge in [0, 0.05) is 42.5 Å². The van der Waals surface area contributed by atoms with Crippen LogP contribution in [0.3, 0.4) is 0 Å². The Labute approximate surface area is 205 Å². The molecule has 2 heterocycles. The van der Waals surface area contributed by atoms with Crippen LogP contribution in [0.25, 0.3) is 5.57 Å². The van der Waals surface area contributed by atoms with Gasteiger partial charge >= 0.3 is 12.2 Å². The lowest BCUT2D eigenvalue weighted by Crippen LogP contribution is -2.45. The number of urea groups is 1. The highest BCUT2D eigenvalue weighted by Gasteiger charge is 2.44. The molecule has 2 aromatic carbocycles. The number of carbonyl (C=O) groups is 2. The summed E-state index contributed by atoms with van der Waals surface area (Å²) in [5.41, 5.74) is 1.63. The highest BCUT2D eigenvalue weighted by Crippen LogP contribution is 2.50. The van der Waals surface area contributed by atoms with Gasteiger partial charge in [-0.1, -0.05) is 12.1 Å². The van der Waals surface area contributed by atoms with Crippen LogP contribution in [0.5, 0.6) is 5.75 Å². The van der Waals surface area contributed by atoms with Crippen LogP contribution >= 0.6 is 0 Å². The predicted molar refractivity (Wildman–Crippen MR) is 127 cm³/mol. The summed E-state index contributed by atoms with van der Waals surface area (Å²) < 4.78 is 45.7. The first-order valence-corrected chi connectivity index (χ1v) is 11.8. The third kappa shape index (κ3) is 4.77. The van der Waals surface area contributed by atoms with Crippen molar-refractivity contribution in [2.24, 2.45) is 0 Å². The fourth-order valence-electron chi connectivity index (χ4n) is 4.92. The summed E-state index contributed by atoms with van der Waals surface area (Å²) >= 11 is 0. The number of aliphatic hydroxyl groups is 1. The average Bonchev–Trinajstić information content (AvgIpc) is 2.77. The summed E-state index contributed by atoms with van der Waals surface area (Å²) in [5.74, 6) is -0.280. The Morgan fingerprint density at radius 3 is 2.72 bits per heavy atom. The minimum absolute atomic E-state index is 0.146. The van der Waals surface area contributed by atoms with Crippen LogP contribution in [0.4, 0.5) is 29.3 Å². The molecular weight excluding hydrogens is 475 g/mol. The van der Waals surface area contributed by atoms with E-state index in [-0.39, 0.29) is 18.3 Å². The number of halogens is 3. The van der Waals surface area contributed by atoms with Crippen LogP contribution in [0.1, 0.15) is 49.3 Å². The number of amides is 3. The first-order valence-electron chi connectivity index (χ1n) is 11.8. The van der Waals surface area contributed by atoms with Gasteiger partial charge in [-0.3, -0.25) is 4.79 Å². The van der Waals surface area contributed by atoms with E-state index in [0.29, 0.717) is 35.5 Å². The minimum Gasteiger partial charge on any atom is -0.486 e. The van der Waals surface area contributed by atoms with Crippen molar-refractivity contribution >= 4 is 28.9 Å². The second-order valence-electron chi connectivity index (χ2n) is 9.71. The summed E-state index contributed by atoms with van der Waals surface area (Å²) in [7, 11) is 0. The molecule has 0 radical (unpaired) electrons. The molecule has 0 saturated heterocycles. The number of alkyl halides is 3. The van der Waals surface area contributed by atoms with Crippen molar-refractivity contribution in [2.45, 2.75) is 57.0 Å². The Balaban J connectivity index is 1.36. The molecule has 7 nitrogen and oxygen atoms in total. The van der Waals surface area contributed by atoms with E-state index in [1.165, 1.54) is 17.0 Å². The predicted octanol–water partition coefficient (Wildman–Crippen LogP) is 5.16. The number of aliphatic hydroxyl groups excluding tert-OH is 1. The summed E-state index contributed by atoms with van der Waals surface area (Å²) in [6.07, 6.45) is -0.924. The minimum atomic E-state index is -4.49. The number of nitrogens with zero attached hydrogens (tertiary/aromatic N) is 1. The normalized spacial score (nSPS) is 20.1. The van der Waals surface area contributed by atoms with Crippen LogP contribution in [-0.2, 0) is 17.5 Å². The molecule has 0 bridgehead atoms. The highest BCUT2D eigenvalue weighted by molar-refractivity contribution is 6.05. The van der Waals surface area contributed by atoms with Crippen molar-refractivity contribution in [3.05, 3.63) is 59.2 Å². The van der Waals surface area contributed by atoms with Crippen molar-refractivity contribution in [3.63, 3.8) is 0 Å². The van der Waals surface area contributed by atoms with E-state index >= 15 is 0 Å². The molecular formula is C26H26F3N3O4. The van der Waals surface area contributed by atoms with E-state index < -0.39 is 29.4 Å². The molecule has 1 aliphatic carbocycles. The number of β-amino-alcohol motifs (C(OH)–C–C–N with tert-alkyl or cyclic N) is 1. The number of nitrogens with one attached hydrogen (secondary N) is 2. The largest absolute Gasteiger partial charge is 0.486 e. The molecule has 1 spiro atoms. The smallest absolute Gasteiger partial charge is 0.416 e. The lowest BCUT2D eigenvalue weighted by atomic mass is 9.72. The Hall–Kier alpha value is -3.53. The summed E-state index contributed by atoms with van der Waals surface area (Å²) in [6.45, 7) is 2.15. The quantitative estimate of drug-likeness (QED) is 0.505. The zero-order valence-corrected chi connectivity index (χ0v) is 19.6. The van der Waals surface area contributed by atoms with Crippen LogP contribution in [-0.4, -0.2) is 40.2 Å². The van der Waals surface area contributed by atoms with E-state index in [2.05, 4.69) is 10.6 Å². The molecule has 3 amide bonds. The number of ether oxygens (including phenoxy) is 1. The molecule has 3 N–H and O–H groups in total. The molecule has 10 heteroatoms. The zero-order valence-electron chi connectivity index (χ0n) is 19.6. The second kappa shape index (κ2) is 8.85. The van der Waals surface area contributed by atoms with E-state index in [4.69, 9.17) is 4.74 Å². The molecule has 3 aliphatic rings. The van der Waals surface area contributed by atoms with E-state index in [0.717, 1.165) is 37.0 Å². The molecule has 1 atom stereocenters. The third-order valence-corrected chi connectivity index (χ3v) is 6.82. The van der Waals surface area contributed by atoms with Crippen LogP contribution < -0.4 is 15.4 Å². The Kier molecular flexibility index (Phi) is 5.94. The fraction of sp³-hybridized carbons (Fsp3) is 0.385. The molecule has 2 aromatic rings. The van der Waals surface area contributed by atoms with Crippen LogP contribution in [0.15, 0.2) is 42.5 Å². The van der Waals surface area contributed by atoms with E-state index in [9.17, 15) is 27.9 Å². The van der Waals surface area contributed by atoms with Crippen LogP contribution in [0.2, 0.25) is 0 Å². The van der Waals surface area contributed by atoms with Gasteiger partial charge in [-0.15, -0.1) is 0 Å². The summed E-state index contributed by atoms with van der Waals surface area (Å²) in [6, 6.07) is 8.19. The number of hydrogen-bond acceptors (Lipinski definition) is 4. The molecule has 1 fully saturated rings. The topological polar surface area (TPSA) is 90.9 Å². The van der Waals surface area contributed by atoms with Crippen LogP contribution in [0, 0.1) is 0 Å². The first kappa shape index (κ1) is 24.2. The number of rotatable bonds is 4. The Morgan fingerprint density at radius 2 is 2.06 bits per heavy atom. The van der Waals surface area contributed by atoms with Crippen molar-refractivity contribution in [1.29, 1.82) is 0 Å². The number of fused-ring (bicyclic) bond motifs is 2. The Morgan fingerprint density at radius 1 is 1.28 bits per heavy atom. The van der Waals surface area contributed by atoms with Gasteiger partial charge in [0.15, 0.2) is 0 Å². The number of hydrogen-bond donors (Lipinski definition) is 3. The first-order chi connectivity index (χ1) is 17.0. The van der Waals surface area contributed by atoms with Gasteiger partial charge in [-0.25, -0.2) is 4.79 Å². The third-order valence-electron chi connectivity index (χ3n) is 6.82. The highest BCUT2D eigenvalue weighted by atomic mass is 19.4. The molecule has 0 aromatic heterocycles. The monoisotopic (exact) mass is 501 g/mol. The van der Waals surface area contributed by atoms with E-state index in [1.807, 2.05) is 0 Å². The lowest BCUT2D eigenvalue weighted by Gasteiger charge is -2.46. The molecule has 36 heavy (non-hydrogen) atoms. The zero-order chi connectivity index (χ0) is 25.7. The van der Waals surface area contributed by atoms with Crippen molar-refractivity contribution in [3.8, 4) is 5.75 Å². The van der Waals surface area contributed by atoms with Gasteiger partial charge in [0.05, 0.1) is 11.7 Å². The standard InChI is InChI=1S/C26H26F3N3O4/c1-15(33)13-32-14-16-3-5-19(11-21(16)31-24(32)35)30-23(34)9-17-12-25(7-2-8-25)36-22-10-18(26(27,28)29)4-6-20(17)22/h3-6,9-11,15,33H,2,7-8,12-14H2,1H3,(H,30,34)(H,31,35)/b17-9+/t15-/m1/s1. The maximum absolute atomic E-state index is 13.2. The number of carbonyl (C=O) groups excluding carboxylic acids is 2. The Bertz CT molecular complexity index is 1250. The van der Waals surface area contributed by atoms with Gasteiger partial charge in [-0.05, 0) is 61.6 Å². The van der Waals surface area contributed by atoms with Gasteiger partial charge < -0.3 is 25.4 Å². The molecule has 1 saturated carbocycles. The molecule has 2 aliphatic heterocycles. The maximum Gasteiger partial charge on any atom is 0.416 e. The molecule has 5 rings (SSSR count). The van der Waals surface area contributed by atoms with Gasteiger partial charge in [0.25, 0.3) is 0 Å². The number of anilines is 2. The SMILES string of the molecule is C[C@@H](O)CN1Cc2ccc(NC(=O)/C=C3\CC4(CCC4)Oc4cc(C(F)(F)F)ccc43)cc2NC1=O. The van der Waals surface area contributed by atoms with Gasteiger partial charge in [0.1, 0.15) is 11.4 Å². The van der Waals surface area contributed by atoms with E-state index in [1.54, 1.807) is 25.1 Å². The summed E-state index contributed by atoms with van der Waals surface area (Å²) in [4.78, 5) is 26.7. The summed E-state index contributed by atoms with van der Waals surface area (Å²) in [5, 5.41) is 15.1. The fourth-order valence-corrected chi connectivity index (χ4v) is 4.92. The van der Waals surface area contributed by atoms with Crippen molar-refractivity contribution in [1.82, 2.24) is 4.90 Å². The lowest BCUT2D eigenvalue weighted by molar-refractivity contribution is -0.138. The molecule has 190 valence electrons. The second-order valence-corrected chi connectivity index (χ2v) is 9.71. The van der Waals surface area contributed by atoms with Crippen molar-refractivity contribution < 1.29 is 32.6 Å². The molecule has 0 unspecified atom stereocenters. The maximum atomic E-state index is 13.2. The van der Waals surface area contributed by atoms with Gasteiger partial charge in [-0.2, -0.15) is 13.2 Å². The van der Waals surface area contributed by atoms with Crippen molar-refractivity contribution in [2.75, 3.05) is 17.2 Å². The van der Waals surface area contributed by atoms with Gasteiger partial charge in [0.2, 0.25) is 5.91 Å². The number of benzene rings is 2. The average molecular weight is 502 g/mol.